The van der Waals surface area contributed by atoms with Gasteiger partial charge in [-0.15, -0.1) is 0 Å². The third kappa shape index (κ3) is 6.07. The molecule has 0 aliphatic rings. The van der Waals surface area contributed by atoms with E-state index in [0.717, 1.165) is 30.3 Å². The van der Waals surface area contributed by atoms with Crippen molar-refractivity contribution in [1.82, 2.24) is 9.97 Å². The van der Waals surface area contributed by atoms with Gasteiger partial charge in [-0.2, -0.15) is 0 Å². The fourth-order valence-electron chi connectivity index (χ4n) is 5.60. The Labute approximate surface area is 269 Å². The van der Waals surface area contributed by atoms with Crippen molar-refractivity contribution in [2.75, 3.05) is 4.90 Å². The Morgan fingerprint density at radius 1 is 0.396 bits per heavy atom. The number of nitrogens with zero attached hydrogens (tertiary/aromatic N) is 3. The van der Waals surface area contributed by atoms with E-state index in [9.17, 15) is 30.7 Å². The van der Waals surface area contributed by atoms with Crippen LogP contribution in [0.3, 0.4) is 0 Å². The Morgan fingerprint density at radius 2 is 0.938 bits per heavy atom. The van der Waals surface area contributed by atoms with E-state index in [1.54, 1.807) is 47.4 Å². The van der Waals surface area contributed by atoms with Crippen molar-refractivity contribution < 1.29 is 30.7 Å². The third-order valence-corrected chi connectivity index (χ3v) is 7.59. The number of aromatic nitrogens is 2. The van der Waals surface area contributed by atoms with Crippen LogP contribution in [-0.2, 0) is 0 Å². The minimum atomic E-state index is -0.890. The maximum Gasteiger partial charge on any atom is 0.160 e. The Bertz CT molecular complexity index is 2280. The molecule has 48 heavy (non-hydrogen) atoms. The van der Waals surface area contributed by atoms with Gasteiger partial charge in [0, 0.05) is 46.1 Å². The van der Waals surface area contributed by atoms with Crippen molar-refractivity contribution in [2.24, 2.45) is 0 Å². The van der Waals surface area contributed by atoms with Crippen LogP contribution in [-0.4, -0.2) is 9.97 Å². The topological polar surface area (TPSA) is 29.0 Å². The molecule has 236 valence electrons. The van der Waals surface area contributed by atoms with Gasteiger partial charge in [-0.25, -0.2) is 40.7 Å². The van der Waals surface area contributed by atoms with Gasteiger partial charge >= 0.3 is 0 Å². The van der Waals surface area contributed by atoms with Gasteiger partial charge in [0.2, 0.25) is 0 Å². The van der Waals surface area contributed by atoms with Gasteiger partial charge in [-0.05, 0) is 90.0 Å². The lowest BCUT2D eigenvalue weighted by molar-refractivity contribution is 0.583. The molecule has 1 heterocycles. The summed E-state index contributed by atoms with van der Waals surface area (Å²) in [6.45, 7) is 0. The molecule has 0 unspecified atom stereocenters. The van der Waals surface area contributed by atoms with Crippen LogP contribution in [0.15, 0.2) is 121 Å². The molecule has 1 aromatic heterocycles. The first-order valence-corrected chi connectivity index (χ1v) is 14.5. The molecule has 7 aromatic rings. The average Bonchev–Trinajstić information content (AvgIpc) is 3.04. The fraction of sp³-hybridized carbons (Fsp3) is 0. The maximum absolute atomic E-state index is 14.5. The van der Waals surface area contributed by atoms with E-state index < -0.39 is 40.7 Å². The molecular weight excluding hydrogens is 631 g/mol. The number of hydrogen-bond acceptors (Lipinski definition) is 3. The number of halogens is 7. The first-order chi connectivity index (χ1) is 23.1. The molecule has 0 N–H and O–H groups in total. The van der Waals surface area contributed by atoms with Crippen LogP contribution in [0.1, 0.15) is 0 Å². The van der Waals surface area contributed by atoms with E-state index in [4.69, 9.17) is 4.98 Å². The number of benzene rings is 6. The number of para-hydroxylation sites is 1. The van der Waals surface area contributed by atoms with Gasteiger partial charge in [-0.3, -0.25) is 0 Å². The second-order valence-corrected chi connectivity index (χ2v) is 10.9. The number of hydrogen-bond donors (Lipinski definition) is 0. The summed E-state index contributed by atoms with van der Waals surface area (Å²) in [6, 6.07) is 25.9. The Morgan fingerprint density at radius 3 is 1.54 bits per heavy atom. The van der Waals surface area contributed by atoms with E-state index in [-0.39, 0.29) is 33.7 Å². The fourth-order valence-corrected chi connectivity index (χ4v) is 5.60. The molecule has 0 saturated heterocycles. The van der Waals surface area contributed by atoms with Gasteiger partial charge in [0.25, 0.3) is 0 Å². The lowest BCUT2D eigenvalue weighted by Crippen LogP contribution is -2.12. The van der Waals surface area contributed by atoms with Crippen LogP contribution >= 0.6 is 0 Å². The normalized spacial score (nSPS) is 11.2. The van der Waals surface area contributed by atoms with Gasteiger partial charge in [0.15, 0.2) is 5.82 Å². The zero-order valence-corrected chi connectivity index (χ0v) is 24.5. The predicted molar refractivity (Wildman–Crippen MR) is 170 cm³/mol. The SMILES string of the molecule is Fc1ccc(N(c2cccc(-c3cc(F)cc(F)c3)c2)c2cccc3c(-c4cc(F)cc(F)c4)nc(-c4cc(F)cc(F)c4)nc23)cc1. The summed E-state index contributed by atoms with van der Waals surface area (Å²) in [5.41, 5.74) is 2.28. The predicted octanol–water partition coefficient (Wildman–Crippen LogP) is 11.1. The van der Waals surface area contributed by atoms with Crippen LogP contribution in [0.2, 0.25) is 0 Å². The van der Waals surface area contributed by atoms with Crippen molar-refractivity contribution >= 4 is 28.0 Å². The van der Waals surface area contributed by atoms with Crippen molar-refractivity contribution in [2.45, 2.75) is 0 Å². The molecule has 0 radical (unpaired) electrons. The highest BCUT2D eigenvalue weighted by atomic mass is 19.2. The van der Waals surface area contributed by atoms with Crippen LogP contribution < -0.4 is 4.90 Å². The highest BCUT2D eigenvalue weighted by Crippen LogP contribution is 2.42. The molecule has 7 rings (SSSR count). The van der Waals surface area contributed by atoms with Gasteiger partial charge in [0.05, 0.1) is 16.9 Å². The quantitative estimate of drug-likeness (QED) is 0.168. The average molecular weight is 652 g/mol. The summed E-state index contributed by atoms with van der Waals surface area (Å²) < 4.78 is 100. The smallest absolute Gasteiger partial charge is 0.160 e. The standard InChI is InChI=1S/C38H20F7N3/c39-25-7-9-32(10-8-25)48(33-4-1-3-21(17-33)22-11-26(40)18-27(41)12-22)35-6-2-5-34-36(23-13-28(42)19-29(43)14-23)46-38(47-37(34)35)24-15-30(44)20-31(45)16-24/h1-20H. The van der Waals surface area contributed by atoms with Gasteiger partial charge < -0.3 is 4.90 Å². The molecule has 0 atom stereocenters. The zero-order chi connectivity index (χ0) is 33.5. The highest BCUT2D eigenvalue weighted by Gasteiger charge is 2.22. The van der Waals surface area contributed by atoms with E-state index >= 15 is 0 Å². The number of fused-ring (bicyclic) bond motifs is 1. The molecule has 10 heteroatoms. The summed E-state index contributed by atoms with van der Waals surface area (Å²) in [7, 11) is 0. The van der Waals surface area contributed by atoms with E-state index in [1.165, 1.54) is 36.4 Å². The molecule has 0 spiro atoms. The molecular formula is C38H20F7N3. The van der Waals surface area contributed by atoms with Crippen molar-refractivity contribution in [1.29, 1.82) is 0 Å². The Balaban J connectivity index is 1.53. The Kier molecular flexibility index (Phi) is 7.84. The van der Waals surface area contributed by atoms with Gasteiger partial charge in [-0.1, -0.05) is 24.3 Å². The van der Waals surface area contributed by atoms with Crippen LogP contribution in [0.4, 0.5) is 47.8 Å². The molecule has 0 bridgehead atoms. The van der Waals surface area contributed by atoms with Crippen LogP contribution in [0.25, 0.3) is 44.7 Å². The second-order valence-electron chi connectivity index (χ2n) is 10.9. The van der Waals surface area contributed by atoms with Crippen LogP contribution in [0, 0.1) is 40.7 Å². The largest absolute Gasteiger partial charge is 0.308 e. The zero-order valence-electron chi connectivity index (χ0n) is 24.5. The summed E-state index contributed by atoms with van der Waals surface area (Å²) >= 11 is 0. The summed E-state index contributed by atoms with van der Waals surface area (Å²) in [6.07, 6.45) is 0. The summed E-state index contributed by atoms with van der Waals surface area (Å²) in [5.74, 6) is -5.70. The summed E-state index contributed by atoms with van der Waals surface area (Å²) in [5, 5.41) is 0.327. The van der Waals surface area contributed by atoms with E-state index in [1.807, 2.05) is 0 Å². The molecule has 0 aliphatic carbocycles. The first-order valence-electron chi connectivity index (χ1n) is 14.5. The van der Waals surface area contributed by atoms with Crippen molar-refractivity contribution in [3.63, 3.8) is 0 Å². The molecule has 3 nitrogen and oxygen atoms in total. The van der Waals surface area contributed by atoms with E-state index in [2.05, 4.69) is 4.98 Å². The van der Waals surface area contributed by atoms with Gasteiger partial charge in [0.1, 0.15) is 40.7 Å². The van der Waals surface area contributed by atoms with Crippen molar-refractivity contribution in [3.8, 4) is 33.8 Å². The minimum Gasteiger partial charge on any atom is -0.308 e. The molecule has 0 amide bonds. The van der Waals surface area contributed by atoms with Crippen LogP contribution in [0.5, 0.6) is 0 Å². The maximum atomic E-state index is 14.5. The third-order valence-electron chi connectivity index (χ3n) is 7.59. The minimum absolute atomic E-state index is 0.0363. The highest BCUT2D eigenvalue weighted by molar-refractivity contribution is 6.03. The molecule has 0 fully saturated rings. The monoisotopic (exact) mass is 651 g/mol. The first kappa shape index (κ1) is 30.6. The number of rotatable bonds is 6. The lowest BCUT2D eigenvalue weighted by atomic mass is 10.0. The summed E-state index contributed by atoms with van der Waals surface area (Å²) in [4.78, 5) is 10.9. The number of anilines is 3. The van der Waals surface area contributed by atoms with E-state index in [0.29, 0.717) is 40.1 Å². The lowest BCUT2D eigenvalue weighted by Gasteiger charge is -2.27. The second kappa shape index (κ2) is 12.3. The molecule has 6 aromatic carbocycles. The molecule has 0 aliphatic heterocycles. The van der Waals surface area contributed by atoms with Crippen molar-refractivity contribution in [3.05, 3.63) is 162 Å². The molecule has 0 saturated carbocycles. The Hall–Kier alpha value is -6.03.